The summed E-state index contributed by atoms with van der Waals surface area (Å²) in [5, 5.41) is 9.64. The predicted molar refractivity (Wildman–Crippen MR) is 70.3 cm³/mol. The van der Waals surface area contributed by atoms with Crippen molar-refractivity contribution >= 4 is 10.9 Å². The van der Waals surface area contributed by atoms with Crippen molar-refractivity contribution in [3.05, 3.63) is 39.9 Å². The summed E-state index contributed by atoms with van der Waals surface area (Å²) in [6.45, 7) is 3.51. The van der Waals surface area contributed by atoms with Crippen LogP contribution < -0.4 is 5.56 Å². The van der Waals surface area contributed by atoms with Crippen LogP contribution in [0.2, 0.25) is 0 Å². The summed E-state index contributed by atoms with van der Waals surface area (Å²) in [5.74, 6) is 6.10. The van der Waals surface area contributed by atoms with E-state index in [2.05, 4.69) is 21.8 Å². The van der Waals surface area contributed by atoms with E-state index in [1.165, 1.54) is 0 Å². The van der Waals surface area contributed by atoms with Crippen molar-refractivity contribution in [3.63, 3.8) is 0 Å². The SMILES string of the molecule is CCc1nc2cccc(C#CC(C)O)c2c(=O)[nH]1. The van der Waals surface area contributed by atoms with Gasteiger partial charge in [0.15, 0.2) is 0 Å². The molecular weight excluding hydrogens is 228 g/mol. The smallest absolute Gasteiger partial charge is 0.260 e. The number of hydrogen-bond acceptors (Lipinski definition) is 3. The maximum absolute atomic E-state index is 12.0. The molecule has 2 rings (SSSR count). The molecule has 0 fully saturated rings. The average Bonchev–Trinajstić information content (AvgIpc) is 2.35. The third kappa shape index (κ3) is 2.41. The third-order valence-electron chi connectivity index (χ3n) is 2.53. The van der Waals surface area contributed by atoms with Crippen LogP contribution in [0.3, 0.4) is 0 Å². The highest BCUT2D eigenvalue weighted by Gasteiger charge is 2.06. The van der Waals surface area contributed by atoms with Crippen LogP contribution in [-0.2, 0) is 6.42 Å². The fraction of sp³-hybridized carbons (Fsp3) is 0.286. The number of aromatic nitrogens is 2. The number of hydrogen-bond donors (Lipinski definition) is 2. The lowest BCUT2D eigenvalue weighted by atomic mass is 10.1. The lowest BCUT2D eigenvalue weighted by Gasteiger charge is -2.02. The molecule has 1 aromatic heterocycles. The van der Waals surface area contributed by atoms with Gasteiger partial charge in [-0.05, 0) is 19.1 Å². The van der Waals surface area contributed by atoms with Crippen molar-refractivity contribution in [2.45, 2.75) is 26.4 Å². The molecule has 1 aromatic carbocycles. The summed E-state index contributed by atoms with van der Waals surface area (Å²) in [4.78, 5) is 19.1. The summed E-state index contributed by atoms with van der Waals surface area (Å²) in [6, 6.07) is 5.35. The minimum Gasteiger partial charge on any atom is -0.381 e. The van der Waals surface area contributed by atoms with E-state index in [1.54, 1.807) is 25.1 Å². The second-order valence-corrected chi connectivity index (χ2v) is 4.01. The molecule has 0 radical (unpaired) electrons. The highest BCUT2D eigenvalue weighted by molar-refractivity contribution is 5.84. The molecule has 0 bridgehead atoms. The average molecular weight is 242 g/mol. The van der Waals surface area contributed by atoms with Crippen LogP contribution in [-0.4, -0.2) is 21.2 Å². The van der Waals surface area contributed by atoms with E-state index < -0.39 is 6.10 Å². The van der Waals surface area contributed by atoms with Crippen LogP contribution in [0.5, 0.6) is 0 Å². The maximum atomic E-state index is 12.0. The number of nitrogens with one attached hydrogen (secondary N) is 1. The zero-order valence-electron chi connectivity index (χ0n) is 10.3. The monoisotopic (exact) mass is 242 g/mol. The quantitative estimate of drug-likeness (QED) is 0.739. The summed E-state index contributed by atoms with van der Waals surface area (Å²) >= 11 is 0. The van der Waals surface area contributed by atoms with Crippen LogP contribution >= 0.6 is 0 Å². The molecule has 1 unspecified atom stereocenters. The van der Waals surface area contributed by atoms with E-state index in [4.69, 9.17) is 5.11 Å². The normalized spacial score (nSPS) is 11.9. The molecule has 4 heteroatoms. The van der Waals surface area contributed by atoms with E-state index in [0.717, 1.165) is 0 Å². The molecule has 0 saturated heterocycles. The molecule has 0 aliphatic carbocycles. The summed E-state index contributed by atoms with van der Waals surface area (Å²) in [6.07, 6.45) is -0.0448. The Morgan fingerprint density at radius 2 is 2.28 bits per heavy atom. The van der Waals surface area contributed by atoms with E-state index in [1.807, 2.05) is 6.92 Å². The molecule has 0 saturated carbocycles. The third-order valence-corrected chi connectivity index (χ3v) is 2.53. The van der Waals surface area contributed by atoms with Gasteiger partial charge in [-0.3, -0.25) is 4.79 Å². The van der Waals surface area contributed by atoms with Crippen molar-refractivity contribution in [3.8, 4) is 11.8 Å². The van der Waals surface area contributed by atoms with E-state index in [0.29, 0.717) is 28.7 Å². The second-order valence-electron chi connectivity index (χ2n) is 4.01. The molecule has 0 spiro atoms. The molecule has 1 atom stereocenters. The number of H-pyrrole nitrogens is 1. The molecule has 4 nitrogen and oxygen atoms in total. The van der Waals surface area contributed by atoms with Gasteiger partial charge >= 0.3 is 0 Å². The van der Waals surface area contributed by atoms with Gasteiger partial charge in [0, 0.05) is 12.0 Å². The number of aliphatic hydroxyl groups is 1. The Kier molecular flexibility index (Phi) is 3.45. The lowest BCUT2D eigenvalue weighted by Crippen LogP contribution is -2.12. The molecule has 92 valence electrons. The number of nitrogens with zero attached hydrogens (tertiary/aromatic N) is 1. The van der Waals surface area contributed by atoms with Crippen LogP contribution in [0.25, 0.3) is 10.9 Å². The predicted octanol–water partition coefficient (Wildman–Crippen LogP) is 1.22. The van der Waals surface area contributed by atoms with Crippen molar-refractivity contribution in [1.29, 1.82) is 0 Å². The van der Waals surface area contributed by atoms with Gasteiger partial charge in [-0.25, -0.2) is 4.98 Å². The zero-order valence-corrected chi connectivity index (χ0v) is 10.3. The van der Waals surface area contributed by atoms with Gasteiger partial charge in [0.05, 0.1) is 10.9 Å². The molecule has 18 heavy (non-hydrogen) atoms. The minimum atomic E-state index is -0.720. The molecule has 0 amide bonds. The van der Waals surface area contributed by atoms with Gasteiger partial charge in [-0.1, -0.05) is 24.8 Å². The number of aliphatic hydroxyl groups excluding tert-OH is 1. The van der Waals surface area contributed by atoms with Crippen LogP contribution in [0.1, 0.15) is 25.2 Å². The molecule has 0 aliphatic rings. The Morgan fingerprint density at radius 3 is 2.94 bits per heavy atom. The molecule has 2 aromatic rings. The van der Waals surface area contributed by atoms with Crippen LogP contribution in [0.15, 0.2) is 23.0 Å². The van der Waals surface area contributed by atoms with Gasteiger partial charge in [-0.2, -0.15) is 0 Å². The number of fused-ring (bicyclic) bond motifs is 1. The van der Waals surface area contributed by atoms with Crippen molar-refractivity contribution in [1.82, 2.24) is 9.97 Å². The summed E-state index contributed by atoms with van der Waals surface area (Å²) in [7, 11) is 0. The standard InChI is InChI=1S/C14H14N2O2/c1-3-12-15-11-6-4-5-10(8-7-9(2)17)13(11)14(18)16-12/h4-6,9,17H,3H2,1-2H3,(H,15,16,18). The van der Waals surface area contributed by atoms with Gasteiger partial charge in [-0.15, -0.1) is 0 Å². The number of benzene rings is 1. The van der Waals surface area contributed by atoms with E-state index >= 15 is 0 Å². The zero-order chi connectivity index (χ0) is 13.1. The Labute approximate surface area is 105 Å². The van der Waals surface area contributed by atoms with Gasteiger partial charge in [0.25, 0.3) is 5.56 Å². The first-order valence-corrected chi connectivity index (χ1v) is 5.83. The number of aromatic amines is 1. The van der Waals surface area contributed by atoms with Gasteiger partial charge in [0.2, 0.25) is 0 Å². The minimum absolute atomic E-state index is 0.188. The Morgan fingerprint density at radius 1 is 1.50 bits per heavy atom. The van der Waals surface area contributed by atoms with Crippen molar-refractivity contribution in [2.24, 2.45) is 0 Å². The van der Waals surface area contributed by atoms with Crippen LogP contribution in [0.4, 0.5) is 0 Å². The maximum Gasteiger partial charge on any atom is 0.260 e. The topological polar surface area (TPSA) is 66.0 Å². The van der Waals surface area contributed by atoms with Crippen LogP contribution in [0, 0.1) is 11.8 Å². The molecule has 0 aliphatic heterocycles. The van der Waals surface area contributed by atoms with Gasteiger partial charge in [0.1, 0.15) is 11.9 Å². The first-order chi connectivity index (χ1) is 8.61. The molecule has 2 N–H and O–H groups in total. The molecule has 1 heterocycles. The van der Waals surface area contributed by atoms with Gasteiger partial charge < -0.3 is 10.1 Å². The highest BCUT2D eigenvalue weighted by atomic mass is 16.3. The van der Waals surface area contributed by atoms with E-state index in [9.17, 15) is 4.79 Å². The Hall–Kier alpha value is -2.12. The number of rotatable bonds is 1. The van der Waals surface area contributed by atoms with Crippen molar-refractivity contribution < 1.29 is 5.11 Å². The second kappa shape index (κ2) is 5.03. The van der Waals surface area contributed by atoms with E-state index in [-0.39, 0.29) is 5.56 Å². The Bertz CT molecular complexity index is 690. The Balaban J connectivity index is 2.71. The summed E-state index contributed by atoms with van der Waals surface area (Å²) in [5.41, 5.74) is 1.03. The van der Waals surface area contributed by atoms with Crippen molar-refractivity contribution in [2.75, 3.05) is 0 Å². The largest absolute Gasteiger partial charge is 0.381 e. The number of aryl methyl sites for hydroxylation is 1. The highest BCUT2D eigenvalue weighted by Crippen LogP contribution is 2.12. The fourth-order valence-corrected chi connectivity index (χ4v) is 1.69. The first kappa shape index (κ1) is 12.3. The summed E-state index contributed by atoms with van der Waals surface area (Å²) < 4.78 is 0. The first-order valence-electron chi connectivity index (χ1n) is 5.83. The fourth-order valence-electron chi connectivity index (χ4n) is 1.69. The molecular formula is C14H14N2O2. The lowest BCUT2D eigenvalue weighted by molar-refractivity contribution is 0.253.